The molecule has 0 atom stereocenters. The van der Waals surface area contributed by atoms with Gasteiger partial charge in [0.15, 0.2) is 5.78 Å². The second-order valence-electron chi connectivity index (χ2n) is 7.69. The van der Waals surface area contributed by atoms with Crippen molar-refractivity contribution in [1.82, 2.24) is 9.88 Å². The summed E-state index contributed by atoms with van der Waals surface area (Å²) in [6.45, 7) is 6.92. The first-order valence-corrected chi connectivity index (χ1v) is 9.64. The second-order valence-corrected chi connectivity index (χ2v) is 7.69. The number of amides is 1. The number of carbonyl (C=O) groups is 3. The molecule has 2 rings (SSSR count). The molecule has 1 amide bonds. The first kappa shape index (κ1) is 24.2. The zero-order chi connectivity index (χ0) is 23.5. The Balaban J connectivity index is 2.31. The lowest BCUT2D eigenvalue weighted by molar-refractivity contribution is -0.137. The number of aryl methyl sites for hydroxylation is 1. The van der Waals surface area contributed by atoms with Crippen LogP contribution in [0.3, 0.4) is 0 Å². The maximum absolute atomic E-state index is 13.0. The van der Waals surface area contributed by atoms with E-state index in [-0.39, 0.29) is 41.6 Å². The van der Waals surface area contributed by atoms with E-state index >= 15 is 0 Å². The predicted octanol–water partition coefficient (Wildman–Crippen LogP) is 4.42. The van der Waals surface area contributed by atoms with Gasteiger partial charge in [0.05, 0.1) is 19.2 Å². The number of methoxy groups -OCH3 is 1. The van der Waals surface area contributed by atoms with E-state index in [1.807, 2.05) is 13.8 Å². The molecule has 1 aromatic heterocycles. The highest BCUT2D eigenvalue weighted by Crippen LogP contribution is 2.29. The van der Waals surface area contributed by atoms with Crippen LogP contribution in [0.15, 0.2) is 24.3 Å². The van der Waals surface area contributed by atoms with Crippen LogP contribution >= 0.6 is 0 Å². The van der Waals surface area contributed by atoms with Gasteiger partial charge >= 0.3 is 12.1 Å². The summed E-state index contributed by atoms with van der Waals surface area (Å²) in [6, 6.07) is 3.88. The number of aromatic amines is 1. The number of ether oxygens (including phenoxy) is 1. The number of rotatable bonds is 7. The Hall–Kier alpha value is -3.10. The van der Waals surface area contributed by atoms with Crippen molar-refractivity contribution in [2.45, 2.75) is 33.9 Å². The lowest BCUT2D eigenvalue weighted by Gasteiger charge is -2.24. The molecule has 6 nitrogen and oxygen atoms in total. The van der Waals surface area contributed by atoms with Gasteiger partial charge in [-0.05, 0) is 49.6 Å². The van der Waals surface area contributed by atoms with E-state index in [4.69, 9.17) is 4.74 Å². The summed E-state index contributed by atoms with van der Waals surface area (Å²) in [5, 5.41) is 0. The number of Topliss-reactive ketones (excluding diaryl/α,β-unsaturated/α-hetero) is 1. The summed E-state index contributed by atoms with van der Waals surface area (Å²) in [6.07, 6.45) is -4.50. The molecule has 0 fully saturated rings. The third kappa shape index (κ3) is 5.53. The molecule has 0 aliphatic heterocycles. The van der Waals surface area contributed by atoms with E-state index < -0.39 is 23.6 Å². The number of ketones is 1. The second kappa shape index (κ2) is 9.36. The highest BCUT2D eigenvalue weighted by molar-refractivity contribution is 6.05. The minimum Gasteiger partial charge on any atom is -0.464 e. The summed E-state index contributed by atoms with van der Waals surface area (Å²) >= 11 is 0. The van der Waals surface area contributed by atoms with Crippen LogP contribution in [0.4, 0.5) is 13.2 Å². The number of nitrogens with one attached hydrogen (secondary N) is 1. The maximum Gasteiger partial charge on any atom is 0.416 e. The molecule has 0 saturated carbocycles. The Labute approximate surface area is 178 Å². The van der Waals surface area contributed by atoms with Crippen LogP contribution < -0.4 is 0 Å². The number of benzene rings is 1. The molecular formula is C22H25F3N2O4. The van der Waals surface area contributed by atoms with Crippen molar-refractivity contribution < 1.29 is 32.3 Å². The van der Waals surface area contributed by atoms with Crippen molar-refractivity contribution in [3.8, 4) is 0 Å². The van der Waals surface area contributed by atoms with Gasteiger partial charge in [0.2, 0.25) is 0 Å². The molecule has 0 aliphatic carbocycles. The van der Waals surface area contributed by atoms with Crippen molar-refractivity contribution in [3.63, 3.8) is 0 Å². The number of halogens is 3. The first-order chi connectivity index (χ1) is 14.4. The van der Waals surface area contributed by atoms with Gasteiger partial charge < -0.3 is 14.6 Å². The zero-order valence-corrected chi connectivity index (χ0v) is 18.0. The number of nitrogens with zero attached hydrogens (tertiary/aromatic N) is 1. The number of aromatic nitrogens is 1. The number of hydrogen-bond donors (Lipinski definition) is 1. The molecule has 0 aliphatic rings. The standard InChI is InChI=1S/C22H25F3N2O4/c1-12(2)10-27(20(29)15-6-8-16(9-7-15)22(23,24)25)11-17(28)18-13(3)19(21(30)31-5)26-14(18)4/h6-9,12,26H,10-11H2,1-5H3. The Morgan fingerprint density at radius 2 is 1.68 bits per heavy atom. The van der Waals surface area contributed by atoms with E-state index in [1.165, 1.54) is 12.0 Å². The Morgan fingerprint density at radius 3 is 2.16 bits per heavy atom. The number of esters is 1. The van der Waals surface area contributed by atoms with Crippen LogP contribution in [0.1, 0.15) is 61.9 Å². The fourth-order valence-corrected chi connectivity index (χ4v) is 3.37. The summed E-state index contributed by atoms with van der Waals surface area (Å²) in [5.41, 5.74) is 0.529. The van der Waals surface area contributed by atoms with Gasteiger partial charge in [0.25, 0.3) is 5.91 Å². The minimum absolute atomic E-state index is 0.0187. The number of carbonyl (C=O) groups excluding carboxylic acids is 3. The Bertz CT molecular complexity index is 976. The predicted molar refractivity (Wildman–Crippen MR) is 108 cm³/mol. The van der Waals surface area contributed by atoms with Gasteiger partial charge in [-0.15, -0.1) is 0 Å². The molecule has 0 spiro atoms. The van der Waals surface area contributed by atoms with Crippen LogP contribution in [0, 0.1) is 19.8 Å². The number of alkyl halides is 3. The quantitative estimate of drug-likeness (QED) is 0.513. The van der Waals surface area contributed by atoms with Crippen molar-refractivity contribution in [2.24, 2.45) is 5.92 Å². The summed E-state index contributed by atoms with van der Waals surface area (Å²) < 4.78 is 43.1. The zero-order valence-electron chi connectivity index (χ0n) is 18.0. The molecule has 0 unspecified atom stereocenters. The summed E-state index contributed by atoms with van der Waals surface area (Å²) in [5.74, 6) is -1.53. The van der Waals surface area contributed by atoms with Crippen molar-refractivity contribution in [1.29, 1.82) is 0 Å². The lowest BCUT2D eigenvalue weighted by Crippen LogP contribution is -2.38. The van der Waals surface area contributed by atoms with Gasteiger partial charge in [-0.1, -0.05) is 13.8 Å². The number of H-pyrrole nitrogens is 1. The average molecular weight is 438 g/mol. The van der Waals surface area contributed by atoms with Crippen LogP contribution in [-0.4, -0.2) is 47.7 Å². The fourth-order valence-electron chi connectivity index (χ4n) is 3.37. The lowest BCUT2D eigenvalue weighted by atomic mass is 10.0. The highest BCUT2D eigenvalue weighted by Gasteiger charge is 2.31. The smallest absolute Gasteiger partial charge is 0.416 e. The topological polar surface area (TPSA) is 79.5 Å². The van der Waals surface area contributed by atoms with Gasteiger partial charge in [0.1, 0.15) is 5.69 Å². The molecule has 1 aromatic carbocycles. The van der Waals surface area contributed by atoms with Gasteiger partial charge in [0, 0.05) is 23.4 Å². The van der Waals surface area contributed by atoms with E-state index in [2.05, 4.69) is 4.98 Å². The molecule has 0 saturated heterocycles. The van der Waals surface area contributed by atoms with Crippen LogP contribution in [0.5, 0.6) is 0 Å². The van der Waals surface area contributed by atoms with Gasteiger partial charge in [-0.3, -0.25) is 9.59 Å². The fraction of sp³-hybridized carbons (Fsp3) is 0.409. The highest BCUT2D eigenvalue weighted by atomic mass is 19.4. The molecule has 0 radical (unpaired) electrons. The maximum atomic E-state index is 13.0. The molecule has 168 valence electrons. The minimum atomic E-state index is -4.50. The van der Waals surface area contributed by atoms with Crippen molar-refractivity contribution in [3.05, 3.63) is 57.9 Å². The first-order valence-electron chi connectivity index (χ1n) is 9.64. The molecular weight excluding hydrogens is 413 g/mol. The Morgan fingerprint density at radius 1 is 1.10 bits per heavy atom. The van der Waals surface area contributed by atoms with Crippen LogP contribution in [0.25, 0.3) is 0 Å². The molecule has 9 heteroatoms. The molecule has 31 heavy (non-hydrogen) atoms. The van der Waals surface area contributed by atoms with Gasteiger partial charge in [-0.2, -0.15) is 13.2 Å². The van der Waals surface area contributed by atoms with Gasteiger partial charge in [-0.25, -0.2) is 4.79 Å². The molecule has 2 aromatic rings. The van der Waals surface area contributed by atoms with E-state index in [0.717, 1.165) is 24.3 Å². The molecule has 0 bridgehead atoms. The molecule has 1 heterocycles. The third-order valence-electron chi connectivity index (χ3n) is 4.77. The summed E-state index contributed by atoms with van der Waals surface area (Å²) in [7, 11) is 1.23. The third-order valence-corrected chi connectivity index (χ3v) is 4.77. The normalized spacial score (nSPS) is 11.5. The SMILES string of the molecule is COC(=O)c1[nH]c(C)c(C(=O)CN(CC(C)C)C(=O)c2ccc(C(F)(F)F)cc2)c1C. The number of hydrogen-bond acceptors (Lipinski definition) is 4. The monoisotopic (exact) mass is 438 g/mol. The Kier molecular flexibility index (Phi) is 7.30. The van der Waals surface area contributed by atoms with Crippen LogP contribution in [0.2, 0.25) is 0 Å². The average Bonchev–Trinajstić information content (AvgIpc) is 2.99. The largest absolute Gasteiger partial charge is 0.464 e. The summed E-state index contributed by atoms with van der Waals surface area (Å²) in [4.78, 5) is 42.0. The van der Waals surface area contributed by atoms with Crippen molar-refractivity contribution >= 4 is 17.7 Å². The van der Waals surface area contributed by atoms with E-state index in [9.17, 15) is 27.6 Å². The van der Waals surface area contributed by atoms with Crippen molar-refractivity contribution in [2.75, 3.05) is 20.2 Å². The van der Waals surface area contributed by atoms with E-state index in [0.29, 0.717) is 11.3 Å². The van der Waals surface area contributed by atoms with E-state index in [1.54, 1.807) is 13.8 Å². The van der Waals surface area contributed by atoms with Crippen LogP contribution in [-0.2, 0) is 10.9 Å². The molecule has 1 N–H and O–H groups in total.